The van der Waals surface area contributed by atoms with E-state index in [9.17, 15) is 0 Å². The Kier molecular flexibility index (Phi) is 11.3. The van der Waals surface area contributed by atoms with E-state index in [1.54, 1.807) is 0 Å². The zero-order valence-corrected chi connectivity index (χ0v) is 35.2. The molecule has 0 atom stereocenters. The number of benzene rings is 4. The molecule has 0 N–H and O–H groups in total. The van der Waals surface area contributed by atoms with Crippen LogP contribution in [-0.2, 0) is 20.1 Å². The first-order valence-corrected chi connectivity index (χ1v) is 27.6. The van der Waals surface area contributed by atoms with Crippen LogP contribution < -0.4 is 9.58 Å². The van der Waals surface area contributed by atoms with Crippen molar-refractivity contribution in [2.75, 3.05) is 0 Å². The summed E-state index contributed by atoms with van der Waals surface area (Å²) in [6.07, 6.45) is 3.92. The minimum atomic E-state index is -1.72. The number of furan rings is 1. The Hall–Kier alpha value is -3.61. The summed E-state index contributed by atoms with van der Waals surface area (Å²) in [5.74, 6) is 7.59. The fourth-order valence-corrected chi connectivity index (χ4v) is 9.10. The number of aromatic nitrogens is 2. The minimum Gasteiger partial charge on any atom is 0 e. The maximum atomic E-state index is 6.41. The molecule has 4 aromatic carbocycles. The van der Waals surface area contributed by atoms with Gasteiger partial charge in [0.1, 0.15) is 5.58 Å². The average molecular weight is 898 g/mol. The van der Waals surface area contributed by atoms with E-state index in [1.165, 1.54) is 26.3 Å². The van der Waals surface area contributed by atoms with Crippen LogP contribution in [0.25, 0.3) is 55.6 Å². The quantitative estimate of drug-likeness (QED) is 0.123. The van der Waals surface area contributed by atoms with Crippen molar-refractivity contribution in [3.63, 3.8) is 0 Å². The Balaban J connectivity index is 0.000000233. The van der Waals surface area contributed by atoms with Gasteiger partial charge in [0.05, 0.1) is 13.7 Å². The van der Waals surface area contributed by atoms with E-state index in [-0.39, 0.29) is 20.1 Å². The SMILES string of the molecule is CC(C)c1ccnc(-c2[c-]ccc3c2oc2cc(-c4ccc([Si](C)(C)C)cc4)ccc23)c1.[CH3][Ge]([CH3])([CH3])[c]1ccc(-c2[c-]cccc2)nc1.[Ir]. The van der Waals surface area contributed by atoms with Gasteiger partial charge in [0.25, 0.3) is 0 Å². The maximum Gasteiger partial charge on any atom is 0 e. The second kappa shape index (κ2) is 15.1. The number of nitrogens with zero attached hydrogens (tertiary/aromatic N) is 2. The van der Waals surface area contributed by atoms with E-state index in [0.717, 1.165) is 44.5 Å². The summed E-state index contributed by atoms with van der Waals surface area (Å²) >= 11 is -1.72. The van der Waals surface area contributed by atoms with Crippen LogP contribution in [0.1, 0.15) is 25.3 Å². The van der Waals surface area contributed by atoms with Gasteiger partial charge in [-0.2, -0.15) is 0 Å². The van der Waals surface area contributed by atoms with Gasteiger partial charge < -0.3 is 9.40 Å². The van der Waals surface area contributed by atoms with Gasteiger partial charge in [-0.3, -0.25) is 0 Å². The summed E-state index contributed by atoms with van der Waals surface area (Å²) in [6.45, 7) is 11.5. The van der Waals surface area contributed by atoms with Crippen molar-refractivity contribution in [3.05, 3.63) is 133 Å². The van der Waals surface area contributed by atoms with Crippen LogP contribution in [0.2, 0.25) is 36.9 Å². The molecule has 1 radical (unpaired) electrons. The third kappa shape index (κ3) is 8.41. The first-order valence-electron chi connectivity index (χ1n) is 16.8. The molecule has 0 aliphatic rings. The molecule has 7 rings (SSSR count). The fourth-order valence-electron chi connectivity index (χ4n) is 5.77. The van der Waals surface area contributed by atoms with Crippen LogP contribution in [0, 0.1) is 12.1 Å². The van der Waals surface area contributed by atoms with Crippen molar-refractivity contribution < 1.29 is 24.5 Å². The van der Waals surface area contributed by atoms with Gasteiger partial charge >= 0.3 is 99.8 Å². The standard InChI is InChI=1S/C29H28NOSi.C14H16GeN.Ir/c1-19(2)21-15-16-30-27(17-21)26-8-6-7-25-24-14-11-22(18-28(24)31-29(25)26)20-9-12-23(13-10-20)32(3,4)5;1-15(2,3)13-9-10-14(16-11-13)12-7-5-4-6-8-12;/h6-7,9-19H,1-5H3;4-7,9-11H,1-3H3;/q2*-1;. The second-order valence-electron chi connectivity index (χ2n) is 14.8. The predicted octanol–water partition coefficient (Wildman–Crippen LogP) is 10.9. The minimum absolute atomic E-state index is 0. The normalized spacial score (nSPS) is 11.7. The van der Waals surface area contributed by atoms with Crippen molar-refractivity contribution in [2.24, 2.45) is 0 Å². The van der Waals surface area contributed by atoms with E-state index < -0.39 is 21.3 Å². The van der Waals surface area contributed by atoms with E-state index in [2.05, 4.69) is 146 Å². The molecule has 0 fully saturated rings. The number of hydrogen-bond donors (Lipinski definition) is 0. The Labute approximate surface area is 309 Å². The van der Waals surface area contributed by atoms with Crippen molar-refractivity contribution in [1.29, 1.82) is 0 Å². The number of hydrogen-bond acceptors (Lipinski definition) is 3. The van der Waals surface area contributed by atoms with Crippen LogP contribution in [0.3, 0.4) is 0 Å². The molecule has 3 aromatic heterocycles. The van der Waals surface area contributed by atoms with Crippen LogP contribution in [0.4, 0.5) is 0 Å². The smallest absolute Gasteiger partial charge is 0 e. The molecule has 7 aromatic rings. The van der Waals surface area contributed by atoms with Crippen molar-refractivity contribution in [3.8, 4) is 33.6 Å². The van der Waals surface area contributed by atoms with Crippen LogP contribution in [0.5, 0.6) is 0 Å². The molecule has 0 aliphatic heterocycles. The number of pyridine rings is 2. The summed E-state index contributed by atoms with van der Waals surface area (Å²) in [5.41, 5.74) is 9.30. The van der Waals surface area contributed by atoms with Crippen LogP contribution in [-0.4, -0.2) is 31.3 Å². The van der Waals surface area contributed by atoms with Gasteiger partial charge in [0.2, 0.25) is 0 Å². The largest absolute Gasteiger partial charge is 0 e. The number of fused-ring (bicyclic) bond motifs is 3. The van der Waals surface area contributed by atoms with Gasteiger partial charge in [-0.1, -0.05) is 97.7 Å². The molecule has 0 aliphatic carbocycles. The van der Waals surface area contributed by atoms with Crippen molar-refractivity contribution in [2.45, 2.75) is 56.7 Å². The third-order valence-electron chi connectivity index (χ3n) is 8.84. The van der Waals surface area contributed by atoms with Gasteiger partial charge in [-0.25, -0.2) is 0 Å². The van der Waals surface area contributed by atoms with Crippen LogP contribution >= 0.6 is 0 Å². The molecule has 3 nitrogen and oxygen atoms in total. The number of rotatable bonds is 6. The Morgan fingerprint density at radius 2 is 1.47 bits per heavy atom. The van der Waals surface area contributed by atoms with Crippen LogP contribution in [0.15, 0.2) is 120 Å². The van der Waals surface area contributed by atoms with E-state index in [0.29, 0.717) is 5.92 Å². The van der Waals surface area contributed by atoms with E-state index >= 15 is 0 Å². The summed E-state index contributed by atoms with van der Waals surface area (Å²) in [7, 11) is -1.30. The van der Waals surface area contributed by atoms with E-state index in [1.807, 2.05) is 42.7 Å². The summed E-state index contributed by atoms with van der Waals surface area (Å²) in [5, 5.41) is 3.70. The van der Waals surface area contributed by atoms with Crippen molar-refractivity contribution >= 4 is 52.9 Å². The van der Waals surface area contributed by atoms with Gasteiger partial charge in [-0.05, 0) is 34.9 Å². The van der Waals surface area contributed by atoms with E-state index in [4.69, 9.17) is 4.42 Å². The Morgan fingerprint density at radius 1 is 0.714 bits per heavy atom. The van der Waals surface area contributed by atoms with Gasteiger partial charge in [-0.15, -0.1) is 18.2 Å². The molecule has 0 spiro atoms. The summed E-state index contributed by atoms with van der Waals surface area (Å²) in [4.78, 5) is 9.15. The molecular weight excluding hydrogens is 853 g/mol. The molecule has 0 saturated heterocycles. The Morgan fingerprint density at radius 3 is 2.10 bits per heavy atom. The second-order valence-corrected chi connectivity index (χ2v) is 30.6. The fraction of sp³-hybridized carbons (Fsp3) is 0.209. The molecule has 3 heterocycles. The molecular formula is C43H44GeIrN2OSi-2. The summed E-state index contributed by atoms with van der Waals surface area (Å²) in [6, 6.07) is 42.7. The zero-order valence-electron chi connectivity index (χ0n) is 29.7. The monoisotopic (exact) mass is 899 g/mol. The first kappa shape index (κ1) is 36.7. The molecule has 49 heavy (non-hydrogen) atoms. The molecule has 0 unspecified atom stereocenters. The first-order chi connectivity index (χ1) is 22.9. The maximum absolute atomic E-state index is 6.41. The van der Waals surface area contributed by atoms with Gasteiger partial charge in [0.15, 0.2) is 0 Å². The molecule has 0 saturated carbocycles. The third-order valence-corrected chi connectivity index (χ3v) is 15.2. The van der Waals surface area contributed by atoms with Gasteiger partial charge in [0, 0.05) is 31.7 Å². The molecule has 0 bridgehead atoms. The molecule has 251 valence electrons. The zero-order chi connectivity index (χ0) is 34.1. The predicted molar refractivity (Wildman–Crippen MR) is 210 cm³/mol. The average Bonchev–Trinajstić information content (AvgIpc) is 3.46. The summed E-state index contributed by atoms with van der Waals surface area (Å²) < 4.78 is 7.86. The Bertz CT molecular complexity index is 2160. The molecule has 0 amide bonds. The molecule has 6 heteroatoms. The topological polar surface area (TPSA) is 38.9 Å². The van der Waals surface area contributed by atoms with Crippen molar-refractivity contribution in [1.82, 2.24) is 9.97 Å².